The van der Waals surface area contributed by atoms with Gasteiger partial charge in [0.05, 0.1) is 18.4 Å². The number of aromatic nitrogens is 1. The van der Waals surface area contributed by atoms with Crippen LogP contribution in [0.4, 0.5) is 5.13 Å². The summed E-state index contributed by atoms with van der Waals surface area (Å²) in [5, 5.41) is 4.22. The van der Waals surface area contributed by atoms with Crippen LogP contribution in [0, 0.1) is 13.8 Å². The summed E-state index contributed by atoms with van der Waals surface area (Å²) in [6.45, 7) is 4.80. The summed E-state index contributed by atoms with van der Waals surface area (Å²) in [6, 6.07) is 7.52. The average Bonchev–Trinajstić information content (AvgIpc) is 2.77. The Labute approximate surface area is 122 Å². The van der Waals surface area contributed by atoms with E-state index in [2.05, 4.69) is 17.2 Å². The van der Waals surface area contributed by atoms with Gasteiger partial charge in [-0.1, -0.05) is 18.2 Å². The quantitative estimate of drug-likeness (QED) is 0.859. The van der Waals surface area contributed by atoms with Gasteiger partial charge in [-0.05, 0) is 31.9 Å². The molecule has 1 heterocycles. The number of hydrogen-bond donors (Lipinski definition) is 1. The highest BCUT2D eigenvalue weighted by Crippen LogP contribution is 2.21. The van der Waals surface area contributed by atoms with Crippen LogP contribution in [0.5, 0.6) is 0 Å². The van der Waals surface area contributed by atoms with E-state index in [9.17, 15) is 4.79 Å². The van der Waals surface area contributed by atoms with Crippen LogP contribution in [0.25, 0.3) is 0 Å². The lowest BCUT2D eigenvalue weighted by Crippen LogP contribution is -2.10. The minimum Gasteiger partial charge on any atom is -0.465 e. The van der Waals surface area contributed by atoms with Crippen molar-refractivity contribution in [1.82, 2.24) is 4.98 Å². The number of nitrogens with one attached hydrogen (secondary N) is 1. The molecule has 0 saturated carbocycles. The molecule has 0 atom stereocenters. The molecule has 0 amide bonds. The van der Waals surface area contributed by atoms with Gasteiger partial charge >= 0.3 is 5.97 Å². The second kappa shape index (κ2) is 6.52. The second-order valence-electron chi connectivity index (χ2n) is 4.49. The van der Waals surface area contributed by atoms with E-state index in [-0.39, 0.29) is 5.97 Å². The number of nitrogens with zero attached hydrogens (tertiary/aromatic N) is 1. The number of rotatable bonds is 5. The molecule has 2 rings (SSSR count). The van der Waals surface area contributed by atoms with E-state index in [1.165, 1.54) is 12.0 Å². The van der Waals surface area contributed by atoms with Crippen molar-refractivity contribution in [3.05, 3.63) is 46.0 Å². The molecule has 0 unspecified atom stereocenters. The summed E-state index contributed by atoms with van der Waals surface area (Å²) in [7, 11) is 1.40. The van der Waals surface area contributed by atoms with Crippen molar-refractivity contribution >= 4 is 22.4 Å². The molecule has 5 heteroatoms. The van der Waals surface area contributed by atoms with Crippen LogP contribution in [-0.2, 0) is 11.2 Å². The molecule has 1 aromatic carbocycles. The van der Waals surface area contributed by atoms with Crippen LogP contribution < -0.4 is 5.32 Å². The minimum absolute atomic E-state index is 0.290. The maximum absolute atomic E-state index is 11.7. The first-order chi connectivity index (χ1) is 9.61. The normalized spacial score (nSPS) is 10.3. The maximum atomic E-state index is 11.7. The highest BCUT2D eigenvalue weighted by Gasteiger charge is 2.10. The van der Waals surface area contributed by atoms with Crippen molar-refractivity contribution in [2.75, 3.05) is 19.0 Å². The van der Waals surface area contributed by atoms with Crippen LogP contribution in [0.15, 0.2) is 24.3 Å². The van der Waals surface area contributed by atoms with Crippen molar-refractivity contribution in [3.63, 3.8) is 0 Å². The predicted octanol–water partition coefficient (Wildman–Crippen LogP) is 3.20. The van der Waals surface area contributed by atoms with Gasteiger partial charge in [-0.3, -0.25) is 0 Å². The Balaban J connectivity index is 1.99. The van der Waals surface area contributed by atoms with E-state index in [1.807, 2.05) is 25.1 Å². The SMILES string of the molecule is COC(=O)c1ccccc1CCNc1nc(C)c(C)s1. The number of carbonyl (C=O) groups excluding carboxylic acids is 1. The molecule has 2 aromatic rings. The van der Waals surface area contributed by atoms with Gasteiger partial charge in [-0.15, -0.1) is 11.3 Å². The fourth-order valence-electron chi connectivity index (χ4n) is 1.90. The molecule has 4 nitrogen and oxygen atoms in total. The highest BCUT2D eigenvalue weighted by atomic mass is 32.1. The van der Waals surface area contributed by atoms with Crippen molar-refractivity contribution in [2.24, 2.45) is 0 Å². The zero-order chi connectivity index (χ0) is 14.5. The first-order valence-corrected chi connectivity index (χ1v) is 7.27. The molecule has 0 spiro atoms. The Morgan fingerprint density at radius 1 is 1.35 bits per heavy atom. The molecule has 0 aliphatic carbocycles. The van der Waals surface area contributed by atoms with E-state index in [0.29, 0.717) is 5.56 Å². The fourth-order valence-corrected chi connectivity index (χ4v) is 2.74. The van der Waals surface area contributed by atoms with Crippen LogP contribution in [0.2, 0.25) is 0 Å². The Morgan fingerprint density at radius 2 is 2.10 bits per heavy atom. The van der Waals surface area contributed by atoms with Gasteiger partial charge < -0.3 is 10.1 Å². The topological polar surface area (TPSA) is 51.2 Å². The third-order valence-electron chi connectivity index (χ3n) is 3.12. The summed E-state index contributed by atoms with van der Waals surface area (Å²) in [4.78, 5) is 17.3. The number of carbonyl (C=O) groups is 1. The summed E-state index contributed by atoms with van der Waals surface area (Å²) in [6.07, 6.45) is 0.753. The zero-order valence-electron chi connectivity index (χ0n) is 11.9. The minimum atomic E-state index is -0.290. The molecular weight excluding hydrogens is 272 g/mol. The lowest BCUT2D eigenvalue weighted by Gasteiger charge is -2.08. The lowest BCUT2D eigenvalue weighted by atomic mass is 10.0. The van der Waals surface area contributed by atoms with Crippen molar-refractivity contribution in [1.29, 1.82) is 0 Å². The molecule has 0 aliphatic rings. The van der Waals surface area contributed by atoms with Crippen molar-refractivity contribution < 1.29 is 9.53 Å². The van der Waals surface area contributed by atoms with Gasteiger partial charge in [-0.25, -0.2) is 9.78 Å². The number of thiazole rings is 1. The monoisotopic (exact) mass is 290 g/mol. The van der Waals surface area contributed by atoms with Gasteiger partial charge in [0.1, 0.15) is 0 Å². The molecule has 1 N–H and O–H groups in total. The Kier molecular flexibility index (Phi) is 4.74. The molecule has 0 fully saturated rings. The Hall–Kier alpha value is -1.88. The number of benzene rings is 1. The third kappa shape index (κ3) is 3.36. The van der Waals surface area contributed by atoms with Gasteiger partial charge in [0, 0.05) is 11.4 Å². The van der Waals surface area contributed by atoms with Crippen LogP contribution in [-0.4, -0.2) is 24.6 Å². The number of methoxy groups -OCH3 is 1. The van der Waals surface area contributed by atoms with Gasteiger partial charge in [0.2, 0.25) is 0 Å². The number of ether oxygens (including phenoxy) is 1. The number of anilines is 1. The first kappa shape index (κ1) is 14.5. The van der Waals surface area contributed by atoms with E-state index in [4.69, 9.17) is 4.74 Å². The smallest absolute Gasteiger partial charge is 0.338 e. The average molecular weight is 290 g/mol. The largest absolute Gasteiger partial charge is 0.465 e. The zero-order valence-corrected chi connectivity index (χ0v) is 12.7. The molecular formula is C15H18N2O2S. The molecule has 0 bridgehead atoms. The standard InChI is InChI=1S/C15H18N2O2S/c1-10-11(2)20-15(17-10)16-9-8-12-6-4-5-7-13(12)14(18)19-3/h4-7H,8-9H2,1-3H3,(H,16,17). The van der Waals surface area contributed by atoms with Crippen LogP contribution in [0.1, 0.15) is 26.5 Å². The highest BCUT2D eigenvalue weighted by molar-refractivity contribution is 7.15. The molecule has 106 valence electrons. The maximum Gasteiger partial charge on any atom is 0.338 e. The summed E-state index contributed by atoms with van der Waals surface area (Å²) in [5.74, 6) is -0.290. The van der Waals surface area contributed by atoms with E-state index >= 15 is 0 Å². The Bertz CT molecular complexity index is 588. The van der Waals surface area contributed by atoms with E-state index in [0.717, 1.165) is 29.4 Å². The number of esters is 1. The van der Waals surface area contributed by atoms with Gasteiger partial charge in [0.25, 0.3) is 0 Å². The first-order valence-electron chi connectivity index (χ1n) is 6.46. The van der Waals surface area contributed by atoms with Crippen LogP contribution in [0.3, 0.4) is 0 Å². The molecule has 0 saturated heterocycles. The summed E-state index contributed by atoms with van der Waals surface area (Å²) >= 11 is 1.65. The van der Waals surface area contributed by atoms with Gasteiger partial charge in [0.15, 0.2) is 5.13 Å². The number of hydrogen-bond acceptors (Lipinski definition) is 5. The molecule has 20 heavy (non-hydrogen) atoms. The third-order valence-corrected chi connectivity index (χ3v) is 4.15. The van der Waals surface area contributed by atoms with Crippen molar-refractivity contribution in [3.8, 4) is 0 Å². The summed E-state index contributed by atoms with van der Waals surface area (Å²) in [5.41, 5.74) is 2.67. The molecule has 1 aromatic heterocycles. The molecule has 0 radical (unpaired) electrons. The summed E-state index contributed by atoms with van der Waals surface area (Å²) < 4.78 is 4.79. The van der Waals surface area contributed by atoms with E-state index in [1.54, 1.807) is 17.4 Å². The fraction of sp³-hybridized carbons (Fsp3) is 0.333. The number of aryl methyl sites for hydroxylation is 2. The molecule has 0 aliphatic heterocycles. The Morgan fingerprint density at radius 3 is 2.75 bits per heavy atom. The predicted molar refractivity (Wildman–Crippen MR) is 81.6 cm³/mol. The van der Waals surface area contributed by atoms with Crippen molar-refractivity contribution in [2.45, 2.75) is 20.3 Å². The second-order valence-corrected chi connectivity index (χ2v) is 5.69. The van der Waals surface area contributed by atoms with Crippen LogP contribution >= 0.6 is 11.3 Å². The van der Waals surface area contributed by atoms with Gasteiger partial charge in [-0.2, -0.15) is 0 Å². The lowest BCUT2D eigenvalue weighted by molar-refractivity contribution is 0.0599. The van der Waals surface area contributed by atoms with E-state index < -0.39 is 0 Å².